The molecule has 6 nitrogen and oxygen atoms in total. The lowest BCUT2D eigenvalue weighted by molar-refractivity contribution is 0.0950. The Hall–Kier alpha value is -3.45. The summed E-state index contributed by atoms with van der Waals surface area (Å²) in [5.41, 5.74) is 3.06. The van der Waals surface area contributed by atoms with Gasteiger partial charge in [0.25, 0.3) is 11.8 Å². The normalized spacial score (nSPS) is 11.0. The number of nitrogens with one attached hydrogen (secondary N) is 2. The molecule has 0 fully saturated rings. The summed E-state index contributed by atoms with van der Waals surface area (Å²) in [6.07, 6.45) is 1.17. The molecular formula is C23H22N2O4S. The van der Waals surface area contributed by atoms with Crippen LogP contribution in [0.25, 0.3) is 0 Å². The highest BCUT2D eigenvalue weighted by Gasteiger charge is 2.10. The molecule has 0 aliphatic carbocycles. The van der Waals surface area contributed by atoms with Crippen LogP contribution in [0.1, 0.15) is 31.8 Å². The Morgan fingerprint density at radius 3 is 2.13 bits per heavy atom. The van der Waals surface area contributed by atoms with E-state index in [4.69, 9.17) is 0 Å². The Labute approximate surface area is 175 Å². The zero-order chi connectivity index (χ0) is 21.6. The van der Waals surface area contributed by atoms with Gasteiger partial charge in [-0.2, -0.15) is 0 Å². The highest BCUT2D eigenvalue weighted by molar-refractivity contribution is 7.89. The van der Waals surface area contributed by atoms with Crippen molar-refractivity contribution in [3.05, 3.63) is 101 Å². The number of anilines is 1. The van der Waals surface area contributed by atoms with E-state index in [9.17, 15) is 18.0 Å². The second-order valence-electron chi connectivity index (χ2n) is 6.97. The molecular weight excluding hydrogens is 400 g/mol. The molecule has 2 N–H and O–H groups in total. The fraction of sp³-hybridized carbons (Fsp3) is 0.130. The number of sulfone groups is 1. The number of hydrogen-bond acceptors (Lipinski definition) is 4. The zero-order valence-corrected chi connectivity index (χ0v) is 17.3. The van der Waals surface area contributed by atoms with Gasteiger partial charge in [-0.3, -0.25) is 9.59 Å². The lowest BCUT2D eigenvalue weighted by atomic mass is 10.1. The van der Waals surface area contributed by atoms with Crippen LogP contribution in [0.4, 0.5) is 5.69 Å². The van der Waals surface area contributed by atoms with E-state index in [0.717, 1.165) is 5.56 Å². The summed E-state index contributed by atoms with van der Waals surface area (Å²) in [6, 6.07) is 22.7. The molecule has 0 atom stereocenters. The number of hydrogen-bond donors (Lipinski definition) is 2. The van der Waals surface area contributed by atoms with Gasteiger partial charge in [0, 0.05) is 29.6 Å². The van der Waals surface area contributed by atoms with Crippen molar-refractivity contribution < 1.29 is 18.0 Å². The predicted molar refractivity (Wildman–Crippen MR) is 117 cm³/mol. The van der Waals surface area contributed by atoms with Gasteiger partial charge in [-0.25, -0.2) is 8.42 Å². The zero-order valence-electron chi connectivity index (χ0n) is 16.5. The van der Waals surface area contributed by atoms with E-state index in [-0.39, 0.29) is 24.1 Å². The summed E-state index contributed by atoms with van der Waals surface area (Å²) in [6.45, 7) is 0.260. The van der Waals surface area contributed by atoms with Gasteiger partial charge in [0.15, 0.2) is 9.84 Å². The molecule has 0 radical (unpaired) electrons. The molecule has 3 aromatic carbocycles. The Kier molecular flexibility index (Phi) is 6.64. The maximum absolute atomic E-state index is 12.4. The van der Waals surface area contributed by atoms with E-state index in [1.54, 1.807) is 42.5 Å². The molecule has 0 heterocycles. The minimum atomic E-state index is -3.12. The highest BCUT2D eigenvalue weighted by atomic mass is 32.2. The second kappa shape index (κ2) is 9.37. The van der Waals surface area contributed by atoms with Gasteiger partial charge in [-0.05, 0) is 47.5 Å². The van der Waals surface area contributed by atoms with Crippen LogP contribution in [-0.4, -0.2) is 26.5 Å². The molecule has 0 aromatic heterocycles. The minimum absolute atomic E-state index is 0.0628. The summed E-state index contributed by atoms with van der Waals surface area (Å²) in [4.78, 5) is 24.8. The van der Waals surface area contributed by atoms with E-state index >= 15 is 0 Å². The van der Waals surface area contributed by atoms with Crippen molar-refractivity contribution in [2.45, 2.75) is 12.3 Å². The SMILES string of the molecule is CS(=O)(=O)Cc1ccc(C(=O)NCc2cccc(C(=O)Nc3ccccc3)c2)cc1. The first kappa shape index (κ1) is 21.3. The van der Waals surface area contributed by atoms with Gasteiger partial charge in [0.1, 0.15) is 0 Å². The van der Waals surface area contributed by atoms with Gasteiger partial charge in [-0.15, -0.1) is 0 Å². The van der Waals surface area contributed by atoms with Crippen LogP contribution in [0.3, 0.4) is 0 Å². The van der Waals surface area contributed by atoms with Crippen LogP contribution < -0.4 is 10.6 Å². The minimum Gasteiger partial charge on any atom is -0.348 e. The summed E-state index contributed by atoms with van der Waals surface area (Å²) in [5, 5.41) is 5.64. The lowest BCUT2D eigenvalue weighted by Gasteiger charge is -2.09. The Balaban J connectivity index is 1.60. The first-order chi connectivity index (χ1) is 14.3. The van der Waals surface area contributed by atoms with E-state index in [1.807, 2.05) is 36.4 Å². The molecule has 30 heavy (non-hydrogen) atoms. The molecule has 0 saturated carbocycles. The number of amides is 2. The molecule has 0 bridgehead atoms. The first-order valence-corrected chi connectivity index (χ1v) is 11.4. The molecule has 0 aliphatic heterocycles. The third-order valence-electron chi connectivity index (χ3n) is 4.32. The fourth-order valence-electron chi connectivity index (χ4n) is 2.89. The van der Waals surface area contributed by atoms with Crippen molar-refractivity contribution in [1.29, 1.82) is 0 Å². The molecule has 154 valence electrons. The van der Waals surface area contributed by atoms with E-state index in [1.165, 1.54) is 6.26 Å². The largest absolute Gasteiger partial charge is 0.348 e. The van der Waals surface area contributed by atoms with Crippen molar-refractivity contribution in [1.82, 2.24) is 5.32 Å². The third kappa shape index (κ3) is 6.28. The molecule has 2 amide bonds. The quantitative estimate of drug-likeness (QED) is 0.610. The van der Waals surface area contributed by atoms with Crippen molar-refractivity contribution in [3.63, 3.8) is 0 Å². The van der Waals surface area contributed by atoms with Gasteiger partial charge < -0.3 is 10.6 Å². The van der Waals surface area contributed by atoms with Gasteiger partial charge in [0.05, 0.1) is 5.75 Å². The maximum atomic E-state index is 12.4. The Morgan fingerprint density at radius 1 is 0.767 bits per heavy atom. The van der Waals surface area contributed by atoms with Crippen LogP contribution in [0, 0.1) is 0 Å². The fourth-order valence-corrected chi connectivity index (χ4v) is 3.68. The van der Waals surface area contributed by atoms with Gasteiger partial charge in [0.2, 0.25) is 0 Å². The molecule has 0 saturated heterocycles. The smallest absolute Gasteiger partial charge is 0.255 e. The van der Waals surface area contributed by atoms with E-state index in [2.05, 4.69) is 10.6 Å². The van der Waals surface area contributed by atoms with Crippen LogP contribution in [0.15, 0.2) is 78.9 Å². The Bertz CT molecular complexity index is 1140. The highest BCUT2D eigenvalue weighted by Crippen LogP contribution is 2.12. The number of benzene rings is 3. The monoisotopic (exact) mass is 422 g/mol. The number of carbonyl (C=O) groups is 2. The predicted octanol–water partition coefficient (Wildman–Crippen LogP) is 3.41. The molecule has 3 rings (SSSR count). The van der Waals surface area contributed by atoms with Crippen LogP contribution >= 0.6 is 0 Å². The number of rotatable bonds is 7. The molecule has 3 aromatic rings. The second-order valence-corrected chi connectivity index (χ2v) is 9.11. The van der Waals surface area contributed by atoms with E-state index in [0.29, 0.717) is 22.4 Å². The standard InChI is InChI=1S/C23H22N2O4S/c1-30(28,29)16-17-10-12-19(13-11-17)22(26)24-15-18-6-5-7-20(14-18)23(27)25-21-8-3-2-4-9-21/h2-14H,15-16H2,1H3,(H,24,26)(H,25,27). The molecule has 0 spiro atoms. The number of carbonyl (C=O) groups excluding carboxylic acids is 2. The first-order valence-electron chi connectivity index (χ1n) is 9.30. The third-order valence-corrected chi connectivity index (χ3v) is 5.18. The summed E-state index contributed by atoms with van der Waals surface area (Å²) < 4.78 is 22.7. The van der Waals surface area contributed by atoms with Crippen LogP contribution in [0.5, 0.6) is 0 Å². The molecule has 0 unspecified atom stereocenters. The van der Waals surface area contributed by atoms with Crippen LogP contribution in [0.2, 0.25) is 0 Å². The summed E-state index contributed by atoms with van der Waals surface area (Å²) in [5.74, 6) is -0.567. The van der Waals surface area contributed by atoms with Crippen molar-refractivity contribution in [3.8, 4) is 0 Å². The average molecular weight is 423 g/mol. The van der Waals surface area contributed by atoms with Crippen molar-refractivity contribution >= 4 is 27.3 Å². The molecule has 0 aliphatic rings. The van der Waals surface area contributed by atoms with Gasteiger partial charge >= 0.3 is 0 Å². The van der Waals surface area contributed by atoms with Crippen LogP contribution in [-0.2, 0) is 22.1 Å². The van der Waals surface area contributed by atoms with E-state index < -0.39 is 9.84 Å². The maximum Gasteiger partial charge on any atom is 0.255 e. The topological polar surface area (TPSA) is 92.3 Å². The number of para-hydroxylation sites is 1. The van der Waals surface area contributed by atoms with Crippen molar-refractivity contribution in [2.24, 2.45) is 0 Å². The van der Waals surface area contributed by atoms with Gasteiger partial charge in [-0.1, -0.05) is 42.5 Å². The average Bonchev–Trinajstić information content (AvgIpc) is 2.72. The Morgan fingerprint density at radius 2 is 1.47 bits per heavy atom. The lowest BCUT2D eigenvalue weighted by Crippen LogP contribution is -2.23. The molecule has 7 heteroatoms. The summed E-state index contributed by atoms with van der Waals surface area (Å²) in [7, 11) is -3.12. The van der Waals surface area contributed by atoms with Crippen molar-refractivity contribution in [2.75, 3.05) is 11.6 Å². The summed E-state index contributed by atoms with van der Waals surface area (Å²) >= 11 is 0.